The summed E-state index contributed by atoms with van der Waals surface area (Å²) >= 11 is 6.09. The molecule has 0 fully saturated rings. The summed E-state index contributed by atoms with van der Waals surface area (Å²) < 4.78 is 0. The van der Waals surface area contributed by atoms with E-state index in [4.69, 9.17) is 11.6 Å². The second-order valence-electron chi connectivity index (χ2n) is 6.19. The lowest BCUT2D eigenvalue weighted by Gasteiger charge is -2.21. The number of aromatic nitrogens is 1. The predicted molar refractivity (Wildman–Crippen MR) is 102 cm³/mol. The van der Waals surface area contributed by atoms with Crippen LogP contribution in [-0.4, -0.2) is 35.6 Å². The lowest BCUT2D eigenvalue weighted by atomic mass is 10.1. The fourth-order valence-corrected chi connectivity index (χ4v) is 3.12. The van der Waals surface area contributed by atoms with E-state index in [0.717, 1.165) is 46.8 Å². The standard InChI is InChI=1S/C19H28ClN3/c1-5-23(6-2)11-7-8-14(3)21-18-12-15(4)22-19-13-16(20)9-10-17(18)19/h9-10,12-14H,5-8,11H2,1-4H3,(H,21,22)/t14-/m1/s1. The Labute approximate surface area is 145 Å². The van der Waals surface area contributed by atoms with Crippen molar-refractivity contribution in [2.75, 3.05) is 25.0 Å². The molecule has 0 aliphatic rings. The quantitative estimate of drug-likeness (QED) is 0.726. The Bertz CT molecular complexity index is 633. The summed E-state index contributed by atoms with van der Waals surface area (Å²) in [5.74, 6) is 0. The summed E-state index contributed by atoms with van der Waals surface area (Å²) in [7, 11) is 0. The normalized spacial score (nSPS) is 12.8. The molecule has 0 saturated heterocycles. The molecule has 0 aliphatic heterocycles. The van der Waals surface area contributed by atoms with Crippen LogP contribution in [0.15, 0.2) is 24.3 Å². The molecule has 1 aromatic carbocycles. The molecule has 0 spiro atoms. The molecule has 0 bridgehead atoms. The van der Waals surface area contributed by atoms with Gasteiger partial charge in [-0.1, -0.05) is 25.4 Å². The van der Waals surface area contributed by atoms with Gasteiger partial charge in [0.1, 0.15) is 0 Å². The zero-order valence-electron chi connectivity index (χ0n) is 14.7. The molecule has 0 amide bonds. The fraction of sp³-hybridized carbons (Fsp3) is 0.526. The van der Waals surface area contributed by atoms with Gasteiger partial charge in [-0.15, -0.1) is 0 Å². The van der Waals surface area contributed by atoms with Crippen LogP contribution in [0.4, 0.5) is 5.69 Å². The van der Waals surface area contributed by atoms with Gasteiger partial charge in [-0.3, -0.25) is 4.98 Å². The van der Waals surface area contributed by atoms with E-state index in [0.29, 0.717) is 6.04 Å². The minimum atomic E-state index is 0.436. The first-order valence-corrected chi connectivity index (χ1v) is 8.97. The number of halogens is 1. The first kappa shape index (κ1) is 18.0. The highest BCUT2D eigenvalue weighted by Crippen LogP contribution is 2.26. The number of nitrogens with zero attached hydrogens (tertiary/aromatic N) is 2. The van der Waals surface area contributed by atoms with E-state index in [-0.39, 0.29) is 0 Å². The highest BCUT2D eigenvalue weighted by atomic mass is 35.5. The summed E-state index contributed by atoms with van der Waals surface area (Å²) in [6.45, 7) is 12.2. The van der Waals surface area contributed by atoms with Crippen LogP contribution in [0.25, 0.3) is 10.9 Å². The largest absolute Gasteiger partial charge is 0.382 e. The average molecular weight is 334 g/mol. The summed E-state index contributed by atoms with van der Waals surface area (Å²) in [4.78, 5) is 7.05. The average Bonchev–Trinajstić information content (AvgIpc) is 2.51. The Balaban J connectivity index is 2.03. The number of pyridine rings is 1. The van der Waals surface area contributed by atoms with Crippen molar-refractivity contribution >= 4 is 28.2 Å². The van der Waals surface area contributed by atoms with Crippen molar-refractivity contribution < 1.29 is 0 Å². The molecule has 4 heteroatoms. The second-order valence-corrected chi connectivity index (χ2v) is 6.62. The molecule has 23 heavy (non-hydrogen) atoms. The maximum Gasteiger partial charge on any atom is 0.0740 e. The molecule has 0 radical (unpaired) electrons. The van der Waals surface area contributed by atoms with Crippen LogP contribution in [0.2, 0.25) is 5.02 Å². The number of fused-ring (bicyclic) bond motifs is 1. The SMILES string of the molecule is CCN(CC)CCC[C@@H](C)Nc1cc(C)nc2cc(Cl)ccc12. The Morgan fingerprint density at radius 3 is 2.65 bits per heavy atom. The van der Waals surface area contributed by atoms with Crippen LogP contribution in [0.1, 0.15) is 39.3 Å². The molecule has 1 heterocycles. The molecule has 2 rings (SSSR count). The third-order valence-electron chi connectivity index (χ3n) is 4.31. The van der Waals surface area contributed by atoms with E-state index in [1.54, 1.807) is 0 Å². The third kappa shape index (κ3) is 5.08. The number of nitrogens with one attached hydrogen (secondary N) is 1. The molecule has 1 atom stereocenters. The maximum atomic E-state index is 6.09. The highest BCUT2D eigenvalue weighted by Gasteiger charge is 2.09. The van der Waals surface area contributed by atoms with Crippen molar-refractivity contribution in [3.8, 4) is 0 Å². The van der Waals surface area contributed by atoms with Gasteiger partial charge in [-0.25, -0.2) is 0 Å². The minimum absolute atomic E-state index is 0.436. The van der Waals surface area contributed by atoms with Crippen molar-refractivity contribution in [1.82, 2.24) is 9.88 Å². The molecule has 1 aromatic heterocycles. The summed E-state index contributed by atoms with van der Waals surface area (Å²) in [6.07, 6.45) is 2.37. The number of aryl methyl sites for hydroxylation is 1. The Hall–Kier alpha value is -1.32. The molecule has 1 N–H and O–H groups in total. The van der Waals surface area contributed by atoms with Crippen LogP contribution in [0.5, 0.6) is 0 Å². The van der Waals surface area contributed by atoms with Gasteiger partial charge in [0.15, 0.2) is 0 Å². The zero-order chi connectivity index (χ0) is 16.8. The Morgan fingerprint density at radius 1 is 1.22 bits per heavy atom. The first-order chi connectivity index (χ1) is 11.0. The summed E-state index contributed by atoms with van der Waals surface area (Å²) in [5.41, 5.74) is 3.12. The van der Waals surface area contributed by atoms with Gasteiger partial charge in [0.05, 0.1) is 5.52 Å². The number of hydrogen-bond acceptors (Lipinski definition) is 3. The predicted octanol–water partition coefficient (Wildman–Crippen LogP) is 5.12. The number of benzene rings is 1. The fourth-order valence-electron chi connectivity index (χ4n) is 2.95. The monoisotopic (exact) mass is 333 g/mol. The lowest BCUT2D eigenvalue weighted by Crippen LogP contribution is -2.25. The van der Waals surface area contributed by atoms with Crippen LogP contribution in [0.3, 0.4) is 0 Å². The smallest absolute Gasteiger partial charge is 0.0740 e. The summed E-state index contributed by atoms with van der Waals surface area (Å²) in [6, 6.07) is 8.47. The van der Waals surface area contributed by atoms with Gasteiger partial charge in [-0.05, 0) is 70.6 Å². The topological polar surface area (TPSA) is 28.2 Å². The number of rotatable bonds is 8. The van der Waals surface area contributed by atoms with E-state index in [1.165, 1.54) is 13.0 Å². The van der Waals surface area contributed by atoms with Crippen LogP contribution >= 0.6 is 11.6 Å². The van der Waals surface area contributed by atoms with Gasteiger partial charge in [0.2, 0.25) is 0 Å². The second kappa shape index (κ2) is 8.51. The van der Waals surface area contributed by atoms with E-state index >= 15 is 0 Å². The van der Waals surface area contributed by atoms with Gasteiger partial charge in [0.25, 0.3) is 0 Å². The summed E-state index contributed by atoms with van der Waals surface area (Å²) in [5, 5.41) is 5.52. The highest BCUT2D eigenvalue weighted by molar-refractivity contribution is 6.31. The van der Waals surface area contributed by atoms with Gasteiger partial charge in [0, 0.05) is 27.8 Å². The van der Waals surface area contributed by atoms with E-state index in [9.17, 15) is 0 Å². The molecule has 0 saturated carbocycles. The number of anilines is 1. The van der Waals surface area contributed by atoms with E-state index < -0.39 is 0 Å². The van der Waals surface area contributed by atoms with E-state index in [2.05, 4.69) is 48.1 Å². The maximum absolute atomic E-state index is 6.09. The molecular formula is C19H28ClN3. The zero-order valence-corrected chi connectivity index (χ0v) is 15.5. The van der Waals surface area contributed by atoms with Crippen LogP contribution in [-0.2, 0) is 0 Å². The van der Waals surface area contributed by atoms with Gasteiger partial charge >= 0.3 is 0 Å². The molecule has 2 aromatic rings. The number of hydrogen-bond donors (Lipinski definition) is 1. The van der Waals surface area contributed by atoms with Crippen molar-refractivity contribution in [3.63, 3.8) is 0 Å². The first-order valence-electron chi connectivity index (χ1n) is 8.59. The van der Waals surface area contributed by atoms with Crippen molar-refractivity contribution in [1.29, 1.82) is 0 Å². The molecule has 3 nitrogen and oxygen atoms in total. The molecule has 0 aliphatic carbocycles. The van der Waals surface area contributed by atoms with Crippen LogP contribution in [0, 0.1) is 6.92 Å². The van der Waals surface area contributed by atoms with Crippen LogP contribution < -0.4 is 5.32 Å². The van der Waals surface area contributed by atoms with Crippen molar-refractivity contribution in [2.45, 2.75) is 46.6 Å². The Morgan fingerprint density at radius 2 is 1.96 bits per heavy atom. The van der Waals surface area contributed by atoms with Crippen molar-refractivity contribution in [3.05, 3.63) is 35.0 Å². The molecular weight excluding hydrogens is 306 g/mol. The lowest BCUT2D eigenvalue weighted by molar-refractivity contribution is 0.295. The van der Waals surface area contributed by atoms with E-state index in [1.807, 2.05) is 19.1 Å². The third-order valence-corrected chi connectivity index (χ3v) is 4.54. The van der Waals surface area contributed by atoms with Gasteiger partial charge < -0.3 is 10.2 Å². The Kier molecular flexibility index (Phi) is 6.67. The molecule has 126 valence electrons. The minimum Gasteiger partial charge on any atom is -0.382 e. The van der Waals surface area contributed by atoms with Crippen molar-refractivity contribution in [2.24, 2.45) is 0 Å². The molecule has 0 unspecified atom stereocenters. The van der Waals surface area contributed by atoms with Gasteiger partial charge in [-0.2, -0.15) is 0 Å².